The van der Waals surface area contributed by atoms with Gasteiger partial charge >= 0.3 is 0 Å². The van der Waals surface area contributed by atoms with Gasteiger partial charge in [0.15, 0.2) is 0 Å². The molecule has 1 aromatic heterocycles. The molecule has 1 fully saturated rings. The molecule has 0 radical (unpaired) electrons. The molecule has 0 bridgehead atoms. The summed E-state index contributed by atoms with van der Waals surface area (Å²) < 4.78 is 5.73. The van der Waals surface area contributed by atoms with Gasteiger partial charge in [-0.05, 0) is 39.3 Å². The lowest BCUT2D eigenvalue weighted by molar-refractivity contribution is 0.0459. The van der Waals surface area contributed by atoms with Gasteiger partial charge < -0.3 is 15.0 Å². The Morgan fingerprint density at radius 2 is 2.10 bits per heavy atom. The Bertz CT molecular complexity index is 414. The lowest BCUT2D eigenvalue weighted by Crippen LogP contribution is -2.37. The summed E-state index contributed by atoms with van der Waals surface area (Å²) in [4.78, 5) is 6.92. The lowest BCUT2D eigenvalue weighted by atomic mass is 10.1. The normalized spacial score (nSPS) is 16.6. The molecule has 1 aromatic rings. The minimum atomic E-state index is 0.441. The van der Waals surface area contributed by atoms with Crippen LogP contribution in [0.4, 0.5) is 5.69 Å². The van der Waals surface area contributed by atoms with Crippen LogP contribution in [0.25, 0.3) is 0 Å². The molecule has 0 aliphatic carbocycles. The zero-order valence-corrected chi connectivity index (χ0v) is 13.0. The van der Waals surface area contributed by atoms with Crippen molar-refractivity contribution >= 4 is 5.69 Å². The Labute approximate surface area is 122 Å². The van der Waals surface area contributed by atoms with Gasteiger partial charge in [0.2, 0.25) is 0 Å². The highest BCUT2D eigenvalue weighted by molar-refractivity contribution is 5.54. The van der Waals surface area contributed by atoms with E-state index >= 15 is 0 Å². The number of aryl methyl sites for hydroxylation is 1. The molecule has 4 nitrogen and oxygen atoms in total. The average Bonchev–Trinajstić information content (AvgIpc) is 2.47. The van der Waals surface area contributed by atoms with Crippen molar-refractivity contribution in [2.45, 2.75) is 46.3 Å². The Balaban J connectivity index is 2.05. The number of ether oxygens (including phenoxy) is 1. The molecule has 0 amide bonds. The van der Waals surface area contributed by atoms with E-state index < -0.39 is 0 Å². The van der Waals surface area contributed by atoms with Crippen molar-refractivity contribution < 1.29 is 4.74 Å². The van der Waals surface area contributed by atoms with Gasteiger partial charge in [0.05, 0.1) is 6.10 Å². The second kappa shape index (κ2) is 7.60. The highest BCUT2D eigenvalue weighted by Crippen LogP contribution is 2.25. The Morgan fingerprint density at radius 1 is 1.35 bits per heavy atom. The van der Waals surface area contributed by atoms with Gasteiger partial charge in [-0.1, -0.05) is 6.92 Å². The van der Waals surface area contributed by atoms with E-state index in [-0.39, 0.29) is 0 Å². The van der Waals surface area contributed by atoms with E-state index in [0.29, 0.717) is 6.10 Å². The standard InChI is InChI=1S/C16H27N3O/c1-4-17-11-14-12-18-13(3)10-16(14)19-8-6-15(7-9-19)20-5-2/h10,12,15,17H,4-9,11H2,1-3H3. The first-order valence-corrected chi connectivity index (χ1v) is 7.77. The minimum Gasteiger partial charge on any atom is -0.378 e. The van der Waals surface area contributed by atoms with Gasteiger partial charge in [-0.15, -0.1) is 0 Å². The predicted octanol–water partition coefficient (Wildman–Crippen LogP) is 2.50. The monoisotopic (exact) mass is 277 g/mol. The van der Waals surface area contributed by atoms with Gasteiger partial charge in [0, 0.05) is 49.4 Å². The summed E-state index contributed by atoms with van der Waals surface area (Å²) in [6.07, 6.45) is 4.70. The first-order chi connectivity index (χ1) is 9.74. The molecule has 112 valence electrons. The minimum absolute atomic E-state index is 0.441. The SMILES string of the molecule is CCNCc1cnc(C)cc1N1CCC(OCC)CC1. The maximum atomic E-state index is 5.73. The van der Waals surface area contributed by atoms with Crippen LogP contribution in [0, 0.1) is 6.92 Å². The molecule has 2 heterocycles. The molecule has 2 rings (SSSR count). The number of nitrogens with one attached hydrogen (secondary N) is 1. The van der Waals surface area contributed by atoms with Crippen LogP contribution in [0.2, 0.25) is 0 Å². The van der Waals surface area contributed by atoms with Crippen LogP contribution in [-0.2, 0) is 11.3 Å². The highest BCUT2D eigenvalue weighted by atomic mass is 16.5. The molecule has 0 spiro atoms. The van der Waals surface area contributed by atoms with Gasteiger partial charge in [-0.2, -0.15) is 0 Å². The summed E-state index contributed by atoms with van der Waals surface area (Å²) in [6, 6.07) is 2.22. The molecule has 20 heavy (non-hydrogen) atoms. The molecule has 4 heteroatoms. The average molecular weight is 277 g/mol. The van der Waals surface area contributed by atoms with Crippen LogP contribution in [0.5, 0.6) is 0 Å². The molecular weight excluding hydrogens is 250 g/mol. The molecule has 1 saturated heterocycles. The number of rotatable bonds is 6. The summed E-state index contributed by atoms with van der Waals surface area (Å²) in [7, 11) is 0. The van der Waals surface area contributed by atoms with Crippen molar-refractivity contribution in [2.75, 3.05) is 31.1 Å². The van der Waals surface area contributed by atoms with Gasteiger partial charge in [0.1, 0.15) is 0 Å². The van der Waals surface area contributed by atoms with Crippen LogP contribution >= 0.6 is 0 Å². The van der Waals surface area contributed by atoms with Crippen molar-refractivity contribution in [1.29, 1.82) is 0 Å². The summed E-state index contributed by atoms with van der Waals surface area (Å²) in [6.45, 7) is 11.1. The third-order valence-electron chi connectivity index (χ3n) is 3.85. The lowest BCUT2D eigenvalue weighted by Gasteiger charge is -2.34. The van der Waals surface area contributed by atoms with Crippen LogP contribution in [0.1, 0.15) is 37.9 Å². The van der Waals surface area contributed by atoms with Crippen LogP contribution in [0.15, 0.2) is 12.3 Å². The number of aromatic nitrogens is 1. The van der Waals surface area contributed by atoms with Gasteiger partial charge in [0.25, 0.3) is 0 Å². The van der Waals surface area contributed by atoms with Crippen LogP contribution < -0.4 is 10.2 Å². The maximum absolute atomic E-state index is 5.73. The molecule has 0 unspecified atom stereocenters. The molecule has 1 N–H and O–H groups in total. The number of hydrogen-bond acceptors (Lipinski definition) is 4. The Hall–Kier alpha value is -1.13. The third kappa shape index (κ3) is 3.93. The number of pyridine rings is 1. The summed E-state index contributed by atoms with van der Waals surface area (Å²) in [5.41, 5.74) is 3.73. The van der Waals surface area contributed by atoms with E-state index in [0.717, 1.165) is 51.3 Å². The number of hydrogen-bond donors (Lipinski definition) is 1. The second-order valence-corrected chi connectivity index (χ2v) is 5.38. The van der Waals surface area contributed by atoms with E-state index in [1.807, 2.05) is 6.20 Å². The molecule has 0 saturated carbocycles. The van der Waals surface area contributed by atoms with Crippen molar-refractivity contribution in [1.82, 2.24) is 10.3 Å². The zero-order valence-electron chi connectivity index (χ0n) is 13.0. The summed E-state index contributed by atoms with van der Waals surface area (Å²) in [5.74, 6) is 0. The van der Waals surface area contributed by atoms with E-state index in [1.54, 1.807) is 0 Å². The quantitative estimate of drug-likeness (QED) is 0.867. The van der Waals surface area contributed by atoms with Crippen LogP contribution in [0.3, 0.4) is 0 Å². The fourth-order valence-corrected chi connectivity index (χ4v) is 2.76. The van der Waals surface area contributed by atoms with Crippen LogP contribution in [-0.4, -0.2) is 37.3 Å². The van der Waals surface area contributed by atoms with Crippen molar-refractivity contribution in [3.8, 4) is 0 Å². The Kier molecular flexibility index (Phi) is 5.80. The summed E-state index contributed by atoms with van der Waals surface area (Å²) >= 11 is 0. The van der Waals surface area contributed by atoms with E-state index in [9.17, 15) is 0 Å². The second-order valence-electron chi connectivity index (χ2n) is 5.38. The Morgan fingerprint density at radius 3 is 2.75 bits per heavy atom. The molecule has 1 aliphatic heterocycles. The molecule has 0 atom stereocenters. The highest BCUT2D eigenvalue weighted by Gasteiger charge is 2.21. The predicted molar refractivity (Wildman–Crippen MR) is 83.2 cm³/mol. The van der Waals surface area contributed by atoms with Gasteiger partial charge in [-0.25, -0.2) is 0 Å². The molecule has 0 aromatic carbocycles. The van der Waals surface area contributed by atoms with E-state index in [4.69, 9.17) is 4.74 Å². The molecule has 1 aliphatic rings. The van der Waals surface area contributed by atoms with Crippen molar-refractivity contribution in [3.63, 3.8) is 0 Å². The number of anilines is 1. The maximum Gasteiger partial charge on any atom is 0.0608 e. The smallest absolute Gasteiger partial charge is 0.0608 e. The van der Waals surface area contributed by atoms with E-state index in [1.165, 1.54) is 11.3 Å². The van der Waals surface area contributed by atoms with E-state index in [2.05, 4.69) is 42.0 Å². The number of piperidine rings is 1. The largest absolute Gasteiger partial charge is 0.378 e. The fourth-order valence-electron chi connectivity index (χ4n) is 2.76. The number of nitrogens with zero attached hydrogens (tertiary/aromatic N) is 2. The third-order valence-corrected chi connectivity index (χ3v) is 3.85. The zero-order chi connectivity index (χ0) is 14.4. The topological polar surface area (TPSA) is 37.4 Å². The first-order valence-electron chi connectivity index (χ1n) is 7.77. The molecular formula is C16H27N3O. The fraction of sp³-hybridized carbons (Fsp3) is 0.688. The van der Waals surface area contributed by atoms with Crippen molar-refractivity contribution in [2.24, 2.45) is 0 Å². The first kappa shape index (κ1) is 15.3. The van der Waals surface area contributed by atoms with Crippen molar-refractivity contribution in [3.05, 3.63) is 23.5 Å². The van der Waals surface area contributed by atoms with Gasteiger partial charge in [-0.3, -0.25) is 4.98 Å². The summed E-state index contributed by atoms with van der Waals surface area (Å²) in [5, 5.41) is 3.40.